The summed E-state index contributed by atoms with van der Waals surface area (Å²) in [6, 6.07) is -20.6. The number of carbonyl (C=O) groups excluding carboxylic acids is 17. The van der Waals surface area contributed by atoms with Gasteiger partial charge in [0, 0.05) is 25.8 Å². The second-order valence-corrected chi connectivity index (χ2v) is 33.7. The van der Waals surface area contributed by atoms with Gasteiger partial charge in [-0.05, 0) is 187 Å². The number of aromatic hydroxyl groups is 1. The Balaban J connectivity index is 3.63. The number of phenolic OH excluding ortho intramolecular Hbond substituents is 1. The Bertz CT molecular complexity index is 4070. The highest BCUT2D eigenvalue weighted by Crippen LogP contribution is 2.18. The number of phenols is 1. The molecule has 49 heteroatoms. The van der Waals surface area contributed by atoms with Gasteiger partial charge in [0.2, 0.25) is 100 Å². The molecule has 0 aliphatic rings. The van der Waals surface area contributed by atoms with E-state index in [4.69, 9.17) is 39.8 Å². The third kappa shape index (κ3) is 46.9. The highest BCUT2D eigenvalue weighted by Gasteiger charge is 2.40. The standard InChI is InChI=1S/C84H144N24O25/c1-13-43(6)65(107-80(129)59(38-42(4)5)106-79(128)61(40-64(114)115)104-69(118)45(8)94-73(122)54(24-20-36-92-84(90)91)99-76(125)56(30-32-63(112)113)98-67(116)44(7)93-72(121)52(88)21-14-17-33-85)81(130)96-47(10)70(119)103-60(39-50-25-27-51(110)28-26-50)78(127)105-58(37-41(2)3)77(126)100-53(22-15-18-34-86)75(124)101-55(29-31-62(89)111)74(123)95-48(11)71(120)108-66(49(12)109)82(131)97-46(9)68(117)102-57(83(132)133)23-16-19-35-87/h25-28,41-49,52-61,65-66,109-110H,13-24,29-40,85-88H2,1-12H3,(H2,89,111)(H,93,121)(H,94,122)(H,95,123)(H,96,130)(H,97,131)(H,98,116)(H,99,125)(H,100,126)(H,101,124)(H,102,117)(H,103,119)(H,104,118)(H,105,127)(H,106,128)(H,107,129)(H,108,120)(H,112,113)(H,114,115)(H,132,133)(H4,90,91,92)/t43-,44-,45-,46+,47+,48+,49-,52-,53+,54-,55+,56-,57+,58+,59-,60+,61-,65+,66+/m1/s1. The summed E-state index contributed by atoms with van der Waals surface area (Å²) in [6.45, 7) is 17.9. The van der Waals surface area contributed by atoms with Gasteiger partial charge in [0.1, 0.15) is 102 Å². The number of benzene rings is 1. The molecule has 0 spiro atoms. The Hall–Kier alpha value is -12.5. The number of amides is 17. The number of primary amides is 1. The van der Waals surface area contributed by atoms with Gasteiger partial charge >= 0.3 is 17.9 Å². The van der Waals surface area contributed by atoms with Crippen molar-refractivity contribution < 1.29 is 121 Å². The fourth-order valence-corrected chi connectivity index (χ4v) is 13.0. The number of carboxylic acids is 3. The van der Waals surface area contributed by atoms with Gasteiger partial charge in [0.25, 0.3) is 0 Å². The largest absolute Gasteiger partial charge is 0.508 e. The van der Waals surface area contributed by atoms with Crippen molar-refractivity contribution in [3.8, 4) is 5.75 Å². The lowest BCUT2D eigenvalue weighted by Gasteiger charge is -2.29. The van der Waals surface area contributed by atoms with Crippen LogP contribution in [-0.2, 0) is 102 Å². The van der Waals surface area contributed by atoms with Gasteiger partial charge in [-0.15, -0.1) is 0 Å². The Morgan fingerprint density at radius 2 is 0.677 bits per heavy atom. The van der Waals surface area contributed by atoms with Crippen LogP contribution in [0.5, 0.6) is 5.75 Å². The molecule has 0 saturated carbocycles. The van der Waals surface area contributed by atoms with Gasteiger partial charge in [-0.1, -0.05) is 66.5 Å². The fraction of sp³-hybridized carbons (Fsp3) is 0.679. The first-order valence-corrected chi connectivity index (χ1v) is 44.5. The average Bonchev–Trinajstić information content (AvgIpc) is 0.849. The predicted octanol–water partition coefficient (Wildman–Crippen LogP) is -7.02. The van der Waals surface area contributed by atoms with Crippen LogP contribution in [0.2, 0.25) is 0 Å². The third-order valence-corrected chi connectivity index (χ3v) is 21.0. The molecule has 49 nitrogen and oxygen atoms in total. The second-order valence-electron chi connectivity index (χ2n) is 33.7. The maximum atomic E-state index is 14.8. The molecule has 0 heterocycles. The summed E-state index contributed by atoms with van der Waals surface area (Å²) in [4.78, 5) is 272. The monoisotopic (exact) mass is 1890 g/mol. The number of nitrogens with one attached hydrogen (secondary N) is 18. The molecule has 0 fully saturated rings. The van der Waals surface area contributed by atoms with Crippen LogP contribution in [0.1, 0.15) is 211 Å². The van der Waals surface area contributed by atoms with Crippen LogP contribution in [0.25, 0.3) is 0 Å². The maximum Gasteiger partial charge on any atom is 0.326 e. The predicted molar refractivity (Wildman–Crippen MR) is 482 cm³/mol. The van der Waals surface area contributed by atoms with Gasteiger partial charge in [-0.2, -0.15) is 0 Å². The number of unbranched alkanes of at least 4 members (excludes halogenated alkanes) is 3. The molecular formula is C84H144N24O25. The van der Waals surface area contributed by atoms with Crippen LogP contribution in [0.15, 0.2) is 24.3 Å². The van der Waals surface area contributed by atoms with Crippen LogP contribution in [0.3, 0.4) is 0 Å². The van der Waals surface area contributed by atoms with E-state index in [0.717, 1.165) is 13.8 Å². The summed E-state index contributed by atoms with van der Waals surface area (Å²) in [7, 11) is 0. The SMILES string of the molecule is CC[C@@H](C)[C@H](NC(=O)[C@@H](CC(C)C)NC(=O)[C@@H](CC(=O)O)NC(=O)[C@@H](C)NC(=O)[C@@H](CCCNC(=N)N)NC(=O)[C@@H](CCC(=O)O)NC(=O)[C@@H](C)NC(=O)[C@H](N)CCCCN)C(=O)N[C@@H](C)C(=O)N[C@@H](Cc1ccc(O)cc1)C(=O)N[C@@H](CC(C)C)C(=O)N[C@@H](CCCCN)C(=O)N[C@@H](CCC(N)=O)C(=O)N[C@@H](C)C(=O)N[C@H](C(=O)N[C@@H](C)C(=O)N[C@@H](CCCCN)C(=O)O)[C@@H](C)O. The van der Waals surface area contributed by atoms with E-state index in [1.54, 1.807) is 41.5 Å². The molecule has 1 aromatic rings. The van der Waals surface area contributed by atoms with Crippen molar-refractivity contribution in [1.82, 2.24) is 90.4 Å². The van der Waals surface area contributed by atoms with Gasteiger partial charge in [0.05, 0.1) is 18.6 Å². The highest BCUT2D eigenvalue weighted by molar-refractivity contribution is 6.02. The number of carbonyl (C=O) groups is 20. The molecule has 17 amide bonds. The first-order valence-electron chi connectivity index (χ1n) is 44.5. The minimum atomic E-state index is -1.98. The molecule has 0 radical (unpaired) electrons. The molecule has 0 saturated heterocycles. The number of aliphatic carboxylic acids is 3. The maximum absolute atomic E-state index is 14.8. The Morgan fingerprint density at radius 3 is 1.08 bits per heavy atom. The quantitative estimate of drug-likeness (QED) is 0.0164. The molecule has 19 atom stereocenters. The lowest BCUT2D eigenvalue weighted by atomic mass is 9.96. The molecule has 1 rings (SSSR count). The molecule has 0 aliphatic heterocycles. The number of hydrogen-bond donors (Lipinski definition) is 29. The van der Waals surface area contributed by atoms with E-state index in [2.05, 4.69) is 90.4 Å². The zero-order valence-corrected chi connectivity index (χ0v) is 77.8. The second kappa shape index (κ2) is 62.0. The van der Waals surface area contributed by atoms with E-state index in [0.29, 0.717) is 44.2 Å². The summed E-state index contributed by atoms with van der Waals surface area (Å²) >= 11 is 0. The topological polar surface area (TPSA) is 827 Å². The van der Waals surface area contributed by atoms with E-state index in [-0.39, 0.29) is 95.5 Å². The number of carboxylic acid groups (broad SMARTS) is 3. The molecule has 1 aromatic carbocycles. The van der Waals surface area contributed by atoms with Gasteiger partial charge in [-0.3, -0.25) is 96.5 Å². The first kappa shape index (κ1) is 118. The van der Waals surface area contributed by atoms with Crippen molar-refractivity contribution in [3.05, 3.63) is 29.8 Å². The number of aliphatic hydroxyl groups excluding tert-OH is 1. The summed E-state index contributed by atoms with van der Waals surface area (Å²) in [5.74, 6) is -23.7. The lowest BCUT2D eigenvalue weighted by Crippen LogP contribution is -2.61. The van der Waals surface area contributed by atoms with E-state index in [1.807, 2.05) is 0 Å². The highest BCUT2D eigenvalue weighted by atomic mass is 16.4. The molecule has 35 N–H and O–H groups in total. The molecular weight excluding hydrogens is 1750 g/mol. The molecule has 0 unspecified atom stereocenters. The minimum Gasteiger partial charge on any atom is -0.508 e. The van der Waals surface area contributed by atoms with Gasteiger partial charge < -0.3 is 150 Å². The number of rotatable bonds is 66. The number of hydrogen-bond acceptors (Lipinski definition) is 27. The van der Waals surface area contributed by atoms with Crippen molar-refractivity contribution in [3.63, 3.8) is 0 Å². The Kier molecular flexibility index (Phi) is 55.2. The third-order valence-electron chi connectivity index (χ3n) is 21.0. The molecule has 0 aromatic heterocycles. The first-order chi connectivity index (χ1) is 62.3. The Morgan fingerprint density at radius 1 is 0.353 bits per heavy atom. The number of aliphatic hydroxyl groups is 1. The van der Waals surface area contributed by atoms with Crippen molar-refractivity contribution >= 4 is 124 Å². The van der Waals surface area contributed by atoms with Crippen LogP contribution in [-0.4, -0.2) is 285 Å². The van der Waals surface area contributed by atoms with E-state index in [1.165, 1.54) is 52.0 Å². The number of nitrogens with two attached hydrogens (primary N) is 6. The zero-order valence-electron chi connectivity index (χ0n) is 77.8. The van der Waals surface area contributed by atoms with Crippen LogP contribution >= 0.6 is 0 Å². The zero-order chi connectivity index (χ0) is 101. The normalized spacial score (nSPS) is 15.5. The molecule has 133 heavy (non-hydrogen) atoms. The van der Waals surface area contributed by atoms with Crippen molar-refractivity contribution in [2.75, 3.05) is 26.2 Å². The van der Waals surface area contributed by atoms with Crippen LogP contribution < -0.4 is 125 Å². The summed E-state index contributed by atoms with van der Waals surface area (Å²) in [5, 5.41) is 99.1. The van der Waals surface area contributed by atoms with E-state index in [9.17, 15) is 121 Å². The molecule has 0 aliphatic carbocycles. The van der Waals surface area contributed by atoms with Gasteiger partial charge in [0.15, 0.2) is 5.96 Å². The van der Waals surface area contributed by atoms with Gasteiger partial charge in [-0.25, -0.2) is 4.79 Å². The average molecular weight is 1890 g/mol. The van der Waals surface area contributed by atoms with Crippen molar-refractivity contribution in [2.24, 2.45) is 52.2 Å². The smallest absolute Gasteiger partial charge is 0.326 e. The fourth-order valence-electron chi connectivity index (χ4n) is 13.0. The minimum absolute atomic E-state index is 0.00697. The summed E-state index contributed by atoms with van der Waals surface area (Å²) in [5.41, 5.74) is 34.1. The Labute approximate surface area is 772 Å². The van der Waals surface area contributed by atoms with E-state index >= 15 is 0 Å². The van der Waals surface area contributed by atoms with Crippen LogP contribution in [0, 0.1) is 23.2 Å². The van der Waals surface area contributed by atoms with Crippen LogP contribution in [0.4, 0.5) is 0 Å². The summed E-state index contributed by atoms with van der Waals surface area (Å²) < 4.78 is 0. The lowest BCUT2D eigenvalue weighted by molar-refractivity contribution is -0.142. The van der Waals surface area contributed by atoms with E-state index < -0.39 is 277 Å². The number of guanidine groups is 1. The summed E-state index contributed by atoms with van der Waals surface area (Å²) in [6.07, 6.45) is -3.02. The molecule has 0 bridgehead atoms. The van der Waals surface area contributed by atoms with Crippen molar-refractivity contribution in [2.45, 2.75) is 320 Å². The molecule has 750 valence electrons. The van der Waals surface area contributed by atoms with Crippen molar-refractivity contribution in [1.29, 1.82) is 5.41 Å².